The summed E-state index contributed by atoms with van der Waals surface area (Å²) in [5, 5.41) is 10.3. The van der Waals surface area contributed by atoms with Gasteiger partial charge in [-0.25, -0.2) is 0 Å². The first-order valence-corrected chi connectivity index (χ1v) is 8.32. The van der Waals surface area contributed by atoms with Crippen LogP contribution in [-0.4, -0.2) is 35.6 Å². The van der Waals surface area contributed by atoms with Gasteiger partial charge in [0.25, 0.3) is 0 Å². The Labute approximate surface area is 141 Å². The van der Waals surface area contributed by atoms with E-state index in [0.717, 1.165) is 30.7 Å². The van der Waals surface area contributed by atoms with E-state index in [1.54, 1.807) is 25.5 Å². The van der Waals surface area contributed by atoms with Crippen LogP contribution < -0.4 is 4.74 Å². The fourth-order valence-corrected chi connectivity index (χ4v) is 3.38. The maximum atomic E-state index is 12.7. The van der Waals surface area contributed by atoms with Crippen LogP contribution in [0.2, 0.25) is 0 Å². The highest BCUT2D eigenvalue weighted by Crippen LogP contribution is 2.29. The highest BCUT2D eigenvalue weighted by Gasteiger charge is 2.31. The standard InChI is InChI=1S/C19H23NO4/c1-23-17-8-3-2-6-14(17)12-19(22)20-10-4-7-15(20)13-16(21)18-9-5-11-24-18/h2-3,5-6,8-9,11,15-16,21H,4,7,10,12-13H2,1H3. The number of nitrogens with zero attached hydrogens (tertiary/aromatic N) is 1. The van der Waals surface area contributed by atoms with Gasteiger partial charge in [0.05, 0.1) is 19.8 Å². The number of hydrogen-bond donors (Lipinski definition) is 1. The lowest BCUT2D eigenvalue weighted by molar-refractivity contribution is -0.131. The fourth-order valence-electron chi connectivity index (χ4n) is 3.38. The van der Waals surface area contributed by atoms with E-state index in [9.17, 15) is 9.90 Å². The molecule has 1 aromatic heterocycles. The van der Waals surface area contributed by atoms with E-state index in [1.165, 1.54) is 0 Å². The molecule has 1 aliphatic rings. The van der Waals surface area contributed by atoms with Crippen LogP contribution in [0.3, 0.4) is 0 Å². The first-order valence-electron chi connectivity index (χ1n) is 8.32. The van der Waals surface area contributed by atoms with Crippen molar-refractivity contribution in [3.63, 3.8) is 0 Å². The molecular weight excluding hydrogens is 306 g/mol. The van der Waals surface area contributed by atoms with Crippen LogP contribution in [0.25, 0.3) is 0 Å². The van der Waals surface area contributed by atoms with E-state index in [4.69, 9.17) is 9.15 Å². The zero-order valence-electron chi connectivity index (χ0n) is 13.9. The van der Waals surface area contributed by atoms with Crippen LogP contribution >= 0.6 is 0 Å². The van der Waals surface area contributed by atoms with E-state index in [0.29, 0.717) is 18.6 Å². The minimum Gasteiger partial charge on any atom is -0.496 e. The summed E-state index contributed by atoms with van der Waals surface area (Å²) in [4.78, 5) is 14.6. The molecule has 1 saturated heterocycles. The van der Waals surface area contributed by atoms with Gasteiger partial charge in [-0.3, -0.25) is 4.79 Å². The van der Waals surface area contributed by atoms with Gasteiger partial charge in [-0.05, 0) is 31.0 Å². The zero-order chi connectivity index (χ0) is 16.9. The largest absolute Gasteiger partial charge is 0.496 e. The molecule has 3 rings (SSSR count). The number of benzene rings is 1. The summed E-state index contributed by atoms with van der Waals surface area (Å²) in [6, 6.07) is 11.2. The molecule has 2 aromatic rings. The first kappa shape index (κ1) is 16.6. The van der Waals surface area contributed by atoms with Gasteiger partial charge in [0.2, 0.25) is 5.91 Å². The molecular formula is C19H23NO4. The molecule has 1 amide bonds. The Balaban J connectivity index is 1.65. The summed E-state index contributed by atoms with van der Waals surface area (Å²) >= 11 is 0. The van der Waals surface area contributed by atoms with Gasteiger partial charge in [0.15, 0.2) is 0 Å². The minimum absolute atomic E-state index is 0.0484. The maximum Gasteiger partial charge on any atom is 0.227 e. The first-order chi connectivity index (χ1) is 11.7. The third-order valence-corrected chi connectivity index (χ3v) is 4.60. The topological polar surface area (TPSA) is 62.9 Å². The van der Waals surface area contributed by atoms with Gasteiger partial charge < -0.3 is 19.2 Å². The summed E-state index contributed by atoms with van der Waals surface area (Å²) in [5.41, 5.74) is 0.891. The van der Waals surface area contributed by atoms with Crippen LogP contribution in [0, 0.1) is 0 Å². The molecule has 1 fully saturated rings. The maximum absolute atomic E-state index is 12.7. The van der Waals surface area contributed by atoms with Crippen molar-refractivity contribution in [2.24, 2.45) is 0 Å². The third kappa shape index (κ3) is 3.62. The number of carbonyl (C=O) groups is 1. The van der Waals surface area contributed by atoms with Crippen molar-refractivity contribution in [3.05, 3.63) is 54.0 Å². The lowest BCUT2D eigenvalue weighted by Gasteiger charge is -2.26. The average Bonchev–Trinajstić information content (AvgIpc) is 3.27. The van der Waals surface area contributed by atoms with Crippen molar-refractivity contribution < 1.29 is 19.1 Å². The number of para-hydroxylation sites is 1. The van der Waals surface area contributed by atoms with Gasteiger partial charge in [-0.1, -0.05) is 18.2 Å². The number of likely N-dealkylation sites (tertiary alicyclic amines) is 1. The highest BCUT2D eigenvalue weighted by molar-refractivity contribution is 5.80. The summed E-state index contributed by atoms with van der Waals surface area (Å²) in [6.45, 7) is 0.740. The van der Waals surface area contributed by atoms with Crippen LogP contribution in [0.5, 0.6) is 5.75 Å². The van der Waals surface area contributed by atoms with Crippen molar-refractivity contribution in [2.45, 2.75) is 37.8 Å². The van der Waals surface area contributed by atoms with Crippen molar-refractivity contribution in [2.75, 3.05) is 13.7 Å². The molecule has 0 spiro atoms. The average molecular weight is 329 g/mol. The second-order valence-corrected chi connectivity index (χ2v) is 6.14. The fraction of sp³-hybridized carbons (Fsp3) is 0.421. The minimum atomic E-state index is -0.676. The molecule has 2 atom stereocenters. The Bertz CT molecular complexity index is 668. The van der Waals surface area contributed by atoms with Crippen molar-refractivity contribution >= 4 is 5.91 Å². The molecule has 1 aromatic carbocycles. The van der Waals surface area contributed by atoms with Crippen LogP contribution in [0.4, 0.5) is 0 Å². The molecule has 0 aliphatic carbocycles. The number of furan rings is 1. The normalized spacial score (nSPS) is 18.6. The molecule has 5 heteroatoms. The zero-order valence-corrected chi connectivity index (χ0v) is 13.9. The van der Waals surface area contributed by atoms with E-state index in [2.05, 4.69) is 0 Å². The third-order valence-electron chi connectivity index (χ3n) is 4.60. The predicted octanol–water partition coefficient (Wildman–Crippen LogP) is 2.95. The Hall–Kier alpha value is -2.27. The Morgan fingerprint density at radius 2 is 2.21 bits per heavy atom. The lowest BCUT2D eigenvalue weighted by Crippen LogP contribution is -2.37. The number of hydrogen-bond acceptors (Lipinski definition) is 4. The quantitative estimate of drug-likeness (QED) is 0.885. The van der Waals surface area contributed by atoms with Crippen molar-refractivity contribution in [3.8, 4) is 5.75 Å². The monoisotopic (exact) mass is 329 g/mol. The highest BCUT2D eigenvalue weighted by atomic mass is 16.5. The number of aliphatic hydroxyl groups is 1. The van der Waals surface area contributed by atoms with Gasteiger partial charge in [0, 0.05) is 24.6 Å². The summed E-state index contributed by atoms with van der Waals surface area (Å²) in [5.74, 6) is 1.37. The molecule has 1 aliphatic heterocycles. The Morgan fingerprint density at radius 1 is 1.38 bits per heavy atom. The molecule has 5 nitrogen and oxygen atoms in total. The molecule has 0 radical (unpaired) electrons. The number of methoxy groups -OCH3 is 1. The van der Waals surface area contributed by atoms with E-state index in [1.807, 2.05) is 29.2 Å². The summed E-state index contributed by atoms with van der Waals surface area (Å²) in [7, 11) is 1.61. The molecule has 0 saturated carbocycles. The second kappa shape index (κ2) is 7.53. The van der Waals surface area contributed by atoms with E-state index < -0.39 is 6.10 Å². The van der Waals surface area contributed by atoms with Crippen LogP contribution in [0.1, 0.15) is 36.7 Å². The molecule has 2 heterocycles. The van der Waals surface area contributed by atoms with Crippen LogP contribution in [-0.2, 0) is 11.2 Å². The van der Waals surface area contributed by atoms with Gasteiger partial charge >= 0.3 is 0 Å². The van der Waals surface area contributed by atoms with Gasteiger partial charge in [-0.2, -0.15) is 0 Å². The number of rotatable bonds is 6. The lowest BCUT2D eigenvalue weighted by atomic mass is 10.0. The predicted molar refractivity (Wildman–Crippen MR) is 89.7 cm³/mol. The number of amides is 1. The van der Waals surface area contributed by atoms with Crippen molar-refractivity contribution in [1.82, 2.24) is 4.90 Å². The molecule has 2 unspecified atom stereocenters. The van der Waals surface area contributed by atoms with Gasteiger partial charge in [0.1, 0.15) is 17.6 Å². The Morgan fingerprint density at radius 3 is 2.96 bits per heavy atom. The second-order valence-electron chi connectivity index (χ2n) is 6.14. The smallest absolute Gasteiger partial charge is 0.227 e. The molecule has 1 N–H and O–H groups in total. The van der Waals surface area contributed by atoms with Crippen LogP contribution in [0.15, 0.2) is 47.1 Å². The van der Waals surface area contributed by atoms with Gasteiger partial charge in [-0.15, -0.1) is 0 Å². The number of aliphatic hydroxyl groups excluding tert-OH is 1. The molecule has 128 valence electrons. The molecule has 24 heavy (non-hydrogen) atoms. The SMILES string of the molecule is COc1ccccc1CC(=O)N1CCCC1CC(O)c1ccco1. The number of carbonyl (C=O) groups excluding carboxylic acids is 1. The summed E-state index contributed by atoms with van der Waals surface area (Å²) < 4.78 is 10.6. The Kier molecular flexibility index (Phi) is 5.20. The summed E-state index contributed by atoms with van der Waals surface area (Å²) in [6.07, 6.45) is 3.58. The van der Waals surface area contributed by atoms with Crippen molar-refractivity contribution in [1.29, 1.82) is 0 Å². The van der Waals surface area contributed by atoms with E-state index in [-0.39, 0.29) is 11.9 Å². The number of ether oxygens (including phenoxy) is 1. The van der Waals surface area contributed by atoms with E-state index >= 15 is 0 Å². The molecule has 0 bridgehead atoms.